The molecule has 1 amide bonds. The van der Waals surface area contributed by atoms with Crippen LogP contribution in [0.4, 0.5) is 5.69 Å². The number of amides is 1. The summed E-state index contributed by atoms with van der Waals surface area (Å²) in [7, 11) is 0. The van der Waals surface area contributed by atoms with Crippen LogP contribution >= 0.6 is 23.8 Å². The average Bonchev–Trinajstić information content (AvgIpc) is 3.21. The lowest BCUT2D eigenvalue weighted by Gasteiger charge is -2.11. The van der Waals surface area contributed by atoms with Gasteiger partial charge < -0.3 is 10.1 Å². The molecule has 0 aliphatic rings. The van der Waals surface area contributed by atoms with Crippen molar-refractivity contribution in [1.82, 2.24) is 20.3 Å². The number of fused-ring (bicyclic) bond motifs is 1. The largest absolute Gasteiger partial charge is 0.494 e. The van der Waals surface area contributed by atoms with Crippen molar-refractivity contribution in [3.63, 3.8) is 0 Å². The number of hydrogen-bond donors (Lipinski definition) is 2. The molecule has 9 heteroatoms. The number of halogens is 1. The lowest BCUT2D eigenvalue weighted by atomic mass is 10.2. The van der Waals surface area contributed by atoms with E-state index < -0.39 is 0 Å². The Bertz CT molecular complexity index is 1260. The lowest BCUT2D eigenvalue weighted by molar-refractivity contribution is 0.0977. The van der Waals surface area contributed by atoms with E-state index in [1.807, 2.05) is 37.3 Å². The van der Waals surface area contributed by atoms with Crippen LogP contribution in [0, 0.1) is 0 Å². The molecule has 0 fully saturated rings. The highest BCUT2D eigenvalue weighted by molar-refractivity contribution is 7.80. The van der Waals surface area contributed by atoms with Gasteiger partial charge in [0.25, 0.3) is 5.91 Å². The summed E-state index contributed by atoms with van der Waals surface area (Å²) >= 11 is 11.7. The molecule has 32 heavy (non-hydrogen) atoms. The zero-order valence-electron chi connectivity index (χ0n) is 17.2. The number of nitrogens with one attached hydrogen (secondary N) is 2. The summed E-state index contributed by atoms with van der Waals surface area (Å²) in [4.78, 5) is 14.0. The van der Waals surface area contributed by atoms with E-state index in [0.717, 1.165) is 12.1 Å². The number of para-hydroxylation sites is 1. The molecule has 4 rings (SSSR count). The molecule has 2 N–H and O–H groups in total. The summed E-state index contributed by atoms with van der Waals surface area (Å²) in [5.41, 5.74) is 3.10. The average molecular weight is 466 g/mol. The van der Waals surface area contributed by atoms with Crippen LogP contribution in [0.2, 0.25) is 5.02 Å². The van der Waals surface area contributed by atoms with Crippen LogP contribution in [-0.2, 0) is 0 Å². The van der Waals surface area contributed by atoms with Crippen LogP contribution in [0.3, 0.4) is 0 Å². The standard InChI is InChI=1S/C23H20ClN5O2S/c1-2-12-31-17-10-8-15(9-11-17)22(30)26-23(32)25-19-14-21-20(13-18(19)24)27-29(28-21)16-6-4-3-5-7-16/h3-11,13-14H,2,12H2,1H3,(H2,25,26,30,32). The second-order valence-electron chi connectivity index (χ2n) is 6.93. The highest BCUT2D eigenvalue weighted by atomic mass is 35.5. The second kappa shape index (κ2) is 9.76. The van der Waals surface area contributed by atoms with Crippen LogP contribution in [0.5, 0.6) is 5.75 Å². The highest BCUT2D eigenvalue weighted by Crippen LogP contribution is 2.27. The lowest BCUT2D eigenvalue weighted by Crippen LogP contribution is -2.34. The third kappa shape index (κ3) is 5.04. The molecule has 0 aliphatic heterocycles. The molecular formula is C23H20ClN5O2S. The van der Waals surface area contributed by atoms with Crippen LogP contribution in [0.15, 0.2) is 66.7 Å². The molecule has 0 aliphatic carbocycles. The van der Waals surface area contributed by atoms with E-state index in [1.165, 1.54) is 0 Å². The molecule has 0 atom stereocenters. The van der Waals surface area contributed by atoms with Gasteiger partial charge in [-0.25, -0.2) is 0 Å². The Morgan fingerprint density at radius 1 is 1.06 bits per heavy atom. The monoisotopic (exact) mass is 465 g/mol. The van der Waals surface area contributed by atoms with Crippen molar-refractivity contribution in [2.24, 2.45) is 0 Å². The van der Waals surface area contributed by atoms with Gasteiger partial charge in [0.15, 0.2) is 5.11 Å². The molecule has 162 valence electrons. The smallest absolute Gasteiger partial charge is 0.257 e. The Morgan fingerprint density at radius 3 is 2.44 bits per heavy atom. The first-order chi connectivity index (χ1) is 15.5. The van der Waals surface area contributed by atoms with E-state index in [1.54, 1.807) is 41.2 Å². The van der Waals surface area contributed by atoms with Crippen molar-refractivity contribution in [3.8, 4) is 11.4 Å². The Hall–Kier alpha value is -3.49. The Morgan fingerprint density at radius 2 is 1.75 bits per heavy atom. The predicted octanol–water partition coefficient (Wildman–Crippen LogP) is 4.99. The number of thiocarbonyl (C=S) groups is 1. The van der Waals surface area contributed by atoms with Gasteiger partial charge in [-0.3, -0.25) is 10.1 Å². The van der Waals surface area contributed by atoms with Crippen molar-refractivity contribution in [2.75, 3.05) is 11.9 Å². The summed E-state index contributed by atoms with van der Waals surface area (Å²) in [5.74, 6) is 0.379. The molecule has 0 saturated heterocycles. The van der Waals surface area contributed by atoms with Crippen molar-refractivity contribution in [3.05, 3.63) is 77.3 Å². The highest BCUT2D eigenvalue weighted by Gasteiger charge is 2.13. The minimum Gasteiger partial charge on any atom is -0.494 e. The van der Waals surface area contributed by atoms with Gasteiger partial charge in [-0.15, -0.1) is 10.2 Å². The number of hydrogen-bond acceptors (Lipinski definition) is 5. The van der Waals surface area contributed by atoms with Gasteiger partial charge in [0.2, 0.25) is 0 Å². The number of aromatic nitrogens is 3. The minimum atomic E-state index is -0.336. The van der Waals surface area contributed by atoms with Gasteiger partial charge >= 0.3 is 0 Å². The first-order valence-corrected chi connectivity index (χ1v) is 10.8. The molecule has 4 aromatic rings. The van der Waals surface area contributed by atoms with E-state index >= 15 is 0 Å². The summed E-state index contributed by atoms with van der Waals surface area (Å²) < 4.78 is 5.53. The molecular weight excluding hydrogens is 446 g/mol. The number of ether oxygens (including phenoxy) is 1. The van der Waals surface area contributed by atoms with Crippen LogP contribution in [0.1, 0.15) is 23.7 Å². The molecule has 1 aromatic heterocycles. The normalized spacial score (nSPS) is 10.7. The fraction of sp³-hybridized carbons (Fsp3) is 0.130. The predicted molar refractivity (Wildman–Crippen MR) is 130 cm³/mol. The number of nitrogens with zero attached hydrogens (tertiary/aromatic N) is 3. The molecule has 0 unspecified atom stereocenters. The van der Waals surface area contributed by atoms with E-state index in [-0.39, 0.29) is 11.0 Å². The topological polar surface area (TPSA) is 81.1 Å². The van der Waals surface area contributed by atoms with Gasteiger partial charge in [0, 0.05) is 5.56 Å². The van der Waals surface area contributed by atoms with Crippen molar-refractivity contribution in [2.45, 2.75) is 13.3 Å². The molecule has 7 nitrogen and oxygen atoms in total. The van der Waals surface area contributed by atoms with Gasteiger partial charge in [-0.2, -0.15) is 4.80 Å². The first-order valence-electron chi connectivity index (χ1n) is 10.0. The van der Waals surface area contributed by atoms with E-state index in [2.05, 4.69) is 20.8 Å². The van der Waals surface area contributed by atoms with Crippen molar-refractivity contribution < 1.29 is 9.53 Å². The maximum atomic E-state index is 12.5. The van der Waals surface area contributed by atoms with Crippen molar-refractivity contribution >= 4 is 51.6 Å². The zero-order chi connectivity index (χ0) is 22.5. The zero-order valence-corrected chi connectivity index (χ0v) is 18.8. The van der Waals surface area contributed by atoms with E-state index in [4.69, 9.17) is 28.6 Å². The molecule has 0 saturated carbocycles. The quantitative estimate of drug-likeness (QED) is 0.390. The Balaban J connectivity index is 1.45. The van der Waals surface area contributed by atoms with Crippen molar-refractivity contribution in [1.29, 1.82) is 0 Å². The molecule has 0 radical (unpaired) electrons. The number of carbonyl (C=O) groups is 1. The maximum absolute atomic E-state index is 12.5. The third-order valence-electron chi connectivity index (χ3n) is 4.52. The molecule has 3 aromatic carbocycles. The van der Waals surface area contributed by atoms with Crippen LogP contribution < -0.4 is 15.4 Å². The second-order valence-corrected chi connectivity index (χ2v) is 7.74. The van der Waals surface area contributed by atoms with E-state index in [9.17, 15) is 4.79 Å². The van der Waals surface area contributed by atoms with Gasteiger partial charge in [0.1, 0.15) is 16.8 Å². The number of rotatable bonds is 6. The summed E-state index contributed by atoms with van der Waals surface area (Å²) in [6.45, 7) is 2.66. The summed E-state index contributed by atoms with van der Waals surface area (Å²) in [6.07, 6.45) is 0.916. The number of carbonyl (C=O) groups excluding carboxylic acids is 1. The Labute approximate surface area is 195 Å². The van der Waals surface area contributed by atoms with Gasteiger partial charge in [0.05, 0.1) is 23.0 Å². The minimum absolute atomic E-state index is 0.123. The van der Waals surface area contributed by atoms with Crippen LogP contribution in [0.25, 0.3) is 16.7 Å². The van der Waals surface area contributed by atoms with Crippen LogP contribution in [-0.4, -0.2) is 32.6 Å². The molecule has 0 spiro atoms. The molecule has 0 bridgehead atoms. The maximum Gasteiger partial charge on any atom is 0.257 e. The Kier molecular flexibility index (Phi) is 6.63. The summed E-state index contributed by atoms with van der Waals surface area (Å²) in [6, 6.07) is 19.9. The van der Waals surface area contributed by atoms with E-state index in [0.29, 0.717) is 39.7 Å². The first kappa shape index (κ1) is 21.7. The van der Waals surface area contributed by atoms with Gasteiger partial charge in [-0.05, 0) is 67.2 Å². The number of anilines is 1. The SMILES string of the molecule is CCCOc1ccc(C(=O)NC(=S)Nc2cc3nn(-c4ccccc4)nc3cc2Cl)cc1. The summed E-state index contributed by atoms with van der Waals surface area (Å²) in [5, 5.41) is 15.1. The number of benzene rings is 3. The van der Waals surface area contributed by atoms with Gasteiger partial charge in [-0.1, -0.05) is 36.7 Å². The fourth-order valence-electron chi connectivity index (χ4n) is 2.96. The third-order valence-corrected chi connectivity index (χ3v) is 5.04. The molecule has 1 heterocycles. The fourth-order valence-corrected chi connectivity index (χ4v) is 3.37.